The lowest BCUT2D eigenvalue weighted by Crippen LogP contribution is -2.03. The van der Waals surface area contributed by atoms with Gasteiger partial charge >= 0.3 is 0 Å². The van der Waals surface area contributed by atoms with Crippen molar-refractivity contribution in [1.82, 2.24) is 9.97 Å². The first kappa shape index (κ1) is 9.92. The fraction of sp³-hybridized carbons (Fsp3) is 0.200. The van der Waals surface area contributed by atoms with Crippen LogP contribution in [0.1, 0.15) is 10.7 Å². The number of anilines is 2. The van der Waals surface area contributed by atoms with Crippen LogP contribution in [-0.2, 0) is 6.54 Å². The van der Waals surface area contributed by atoms with Crippen LogP contribution < -0.4 is 11.1 Å². The minimum absolute atomic E-state index is 0.658. The first-order chi connectivity index (χ1) is 7.25. The summed E-state index contributed by atoms with van der Waals surface area (Å²) in [5, 5.41) is 6.22. The molecule has 0 unspecified atom stereocenters. The fourth-order valence-electron chi connectivity index (χ4n) is 1.21. The summed E-state index contributed by atoms with van der Waals surface area (Å²) in [6.07, 6.45) is 1.71. The number of nitrogens with one attached hydrogen (secondary N) is 1. The third kappa shape index (κ3) is 2.44. The number of hydrogen-bond acceptors (Lipinski definition) is 5. The van der Waals surface area contributed by atoms with Crippen LogP contribution in [-0.4, -0.2) is 9.97 Å². The molecular weight excluding hydrogens is 208 g/mol. The maximum Gasteiger partial charge on any atom is 0.149 e. The number of pyridine rings is 1. The Kier molecular flexibility index (Phi) is 2.82. The highest BCUT2D eigenvalue weighted by Crippen LogP contribution is 2.15. The monoisotopic (exact) mass is 220 g/mol. The fourth-order valence-corrected chi connectivity index (χ4v) is 1.92. The van der Waals surface area contributed by atoms with Gasteiger partial charge in [-0.2, -0.15) is 0 Å². The molecule has 0 amide bonds. The zero-order valence-corrected chi connectivity index (χ0v) is 9.21. The maximum absolute atomic E-state index is 5.75. The highest BCUT2D eigenvalue weighted by atomic mass is 32.1. The molecule has 78 valence electrons. The molecule has 0 fully saturated rings. The van der Waals surface area contributed by atoms with Crippen LogP contribution in [0.25, 0.3) is 0 Å². The Morgan fingerprint density at radius 1 is 1.53 bits per heavy atom. The van der Waals surface area contributed by atoms with Gasteiger partial charge in [0, 0.05) is 17.3 Å². The van der Waals surface area contributed by atoms with Crippen molar-refractivity contribution < 1.29 is 0 Å². The molecule has 2 aromatic rings. The van der Waals surface area contributed by atoms with Crippen LogP contribution in [0.2, 0.25) is 0 Å². The van der Waals surface area contributed by atoms with Crippen molar-refractivity contribution >= 4 is 22.8 Å². The highest BCUT2D eigenvalue weighted by Gasteiger charge is 2.01. The SMILES string of the molecule is Cc1csc(CNc2ncccc2N)n1. The van der Waals surface area contributed by atoms with Gasteiger partial charge in [0.25, 0.3) is 0 Å². The van der Waals surface area contributed by atoms with Gasteiger partial charge in [0.15, 0.2) is 0 Å². The van der Waals surface area contributed by atoms with Gasteiger partial charge in [-0.15, -0.1) is 11.3 Å². The van der Waals surface area contributed by atoms with Crippen molar-refractivity contribution in [2.75, 3.05) is 11.1 Å². The summed E-state index contributed by atoms with van der Waals surface area (Å²) in [4.78, 5) is 8.48. The van der Waals surface area contributed by atoms with E-state index in [2.05, 4.69) is 15.3 Å². The first-order valence-electron chi connectivity index (χ1n) is 4.61. The topological polar surface area (TPSA) is 63.8 Å². The predicted molar refractivity (Wildman–Crippen MR) is 62.8 cm³/mol. The molecule has 0 saturated carbocycles. The zero-order valence-electron chi connectivity index (χ0n) is 8.40. The number of hydrogen-bond donors (Lipinski definition) is 2. The standard InChI is InChI=1S/C10H12N4S/c1-7-6-15-9(14-7)5-13-10-8(11)3-2-4-12-10/h2-4,6H,5,11H2,1H3,(H,12,13). The van der Waals surface area contributed by atoms with Gasteiger partial charge in [-0.05, 0) is 19.1 Å². The second-order valence-corrected chi connectivity index (χ2v) is 4.12. The minimum atomic E-state index is 0.658. The third-order valence-corrected chi connectivity index (χ3v) is 2.88. The second-order valence-electron chi connectivity index (χ2n) is 3.18. The summed E-state index contributed by atoms with van der Waals surface area (Å²) in [7, 11) is 0. The molecule has 4 nitrogen and oxygen atoms in total. The lowest BCUT2D eigenvalue weighted by molar-refractivity contribution is 1.06. The van der Waals surface area contributed by atoms with E-state index < -0.39 is 0 Å². The van der Waals surface area contributed by atoms with E-state index in [4.69, 9.17) is 5.73 Å². The normalized spacial score (nSPS) is 10.2. The average molecular weight is 220 g/mol. The Labute approximate surface area is 92.2 Å². The number of thiazole rings is 1. The van der Waals surface area contributed by atoms with E-state index in [1.165, 1.54) is 0 Å². The van der Waals surface area contributed by atoms with E-state index in [0.29, 0.717) is 18.1 Å². The van der Waals surface area contributed by atoms with Crippen molar-refractivity contribution in [3.05, 3.63) is 34.4 Å². The van der Waals surface area contributed by atoms with E-state index in [1.807, 2.05) is 24.4 Å². The Balaban J connectivity index is 2.02. The first-order valence-corrected chi connectivity index (χ1v) is 5.49. The van der Waals surface area contributed by atoms with Gasteiger partial charge in [-0.3, -0.25) is 0 Å². The number of aromatic nitrogens is 2. The third-order valence-electron chi connectivity index (χ3n) is 1.91. The summed E-state index contributed by atoms with van der Waals surface area (Å²) < 4.78 is 0. The molecule has 2 heterocycles. The van der Waals surface area contributed by atoms with E-state index in [-0.39, 0.29) is 0 Å². The average Bonchev–Trinajstić information content (AvgIpc) is 2.63. The lowest BCUT2D eigenvalue weighted by atomic mass is 10.4. The van der Waals surface area contributed by atoms with Gasteiger partial charge in [0.1, 0.15) is 10.8 Å². The van der Waals surface area contributed by atoms with Crippen LogP contribution in [0.5, 0.6) is 0 Å². The number of nitrogens with two attached hydrogens (primary N) is 1. The highest BCUT2D eigenvalue weighted by molar-refractivity contribution is 7.09. The van der Waals surface area contributed by atoms with Crippen LogP contribution in [0.3, 0.4) is 0 Å². The molecule has 0 radical (unpaired) electrons. The molecule has 2 aromatic heterocycles. The molecule has 2 rings (SSSR count). The van der Waals surface area contributed by atoms with Gasteiger partial charge < -0.3 is 11.1 Å². The number of nitrogens with zero attached hydrogens (tertiary/aromatic N) is 2. The van der Waals surface area contributed by atoms with Gasteiger partial charge in [-0.25, -0.2) is 9.97 Å². The van der Waals surface area contributed by atoms with Crippen LogP contribution in [0.4, 0.5) is 11.5 Å². The molecule has 0 saturated heterocycles. The summed E-state index contributed by atoms with van der Waals surface area (Å²) in [6.45, 7) is 2.65. The van der Waals surface area contributed by atoms with E-state index in [9.17, 15) is 0 Å². The van der Waals surface area contributed by atoms with Crippen LogP contribution in [0, 0.1) is 6.92 Å². The largest absolute Gasteiger partial charge is 0.396 e. The maximum atomic E-state index is 5.75. The smallest absolute Gasteiger partial charge is 0.149 e. The molecular formula is C10H12N4S. The molecule has 0 spiro atoms. The minimum Gasteiger partial charge on any atom is -0.396 e. The summed E-state index contributed by atoms with van der Waals surface area (Å²) >= 11 is 1.63. The molecule has 15 heavy (non-hydrogen) atoms. The van der Waals surface area contributed by atoms with Crippen LogP contribution in [0.15, 0.2) is 23.7 Å². The van der Waals surface area contributed by atoms with Crippen molar-refractivity contribution in [3.8, 4) is 0 Å². The quantitative estimate of drug-likeness (QED) is 0.830. The molecule has 3 N–H and O–H groups in total. The van der Waals surface area contributed by atoms with Gasteiger partial charge in [-0.1, -0.05) is 0 Å². The van der Waals surface area contributed by atoms with Gasteiger partial charge in [0.05, 0.1) is 12.2 Å². The Morgan fingerprint density at radius 2 is 2.40 bits per heavy atom. The van der Waals surface area contributed by atoms with Crippen LogP contribution >= 0.6 is 11.3 Å². The molecule has 0 atom stereocenters. The van der Waals surface area contributed by atoms with Gasteiger partial charge in [0.2, 0.25) is 0 Å². The summed E-state index contributed by atoms with van der Waals surface area (Å²) in [5.41, 5.74) is 7.45. The van der Waals surface area contributed by atoms with E-state index >= 15 is 0 Å². The molecule has 0 bridgehead atoms. The Morgan fingerprint density at radius 3 is 3.07 bits per heavy atom. The second kappa shape index (κ2) is 4.27. The number of aryl methyl sites for hydroxylation is 1. The predicted octanol–water partition coefficient (Wildman–Crippen LogP) is 2.04. The zero-order chi connectivity index (χ0) is 10.7. The molecule has 0 aliphatic rings. The molecule has 0 aliphatic carbocycles. The molecule has 0 aliphatic heterocycles. The van der Waals surface area contributed by atoms with E-state index in [0.717, 1.165) is 10.7 Å². The summed E-state index contributed by atoms with van der Waals surface area (Å²) in [5.74, 6) is 0.713. The number of nitrogen functional groups attached to an aromatic ring is 1. The summed E-state index contributed by atoms with van der Waals surface area (Å²) in [6, 6.07) is 3.64. The van der Waals surface area contributed by atoms with E-state index in [1.54, 1.807) is 17.5 Å². The molecule has 0 aromatic carbocycles. The van der Waals surface area contributed by atoms with Crippen molar-refractivity contribution in [2.45, 2.75) is 13.5 Å². The van der Waals surface area contributed by atoms with Crippen molar-refractivity contribution in [2.24, 2.45) is 0 Å². The van der Waals surface area contributed by atoms with Crippen molar-refractivity contribution in [1.29, 1.82) is 0 Å². The molecule has 5 heteroatoms. The Bertz CT molecular complexity index is 452. The number of rotatable bonds is 3. The Hall–Kier alpha value is -1.62. The lowest BCUT2D eigenvalue weighted by Gasteiger charge is -2.05. The van der Waals surface area contributed by atoms with Crippen molar-refractivity contribution in [3.63, 3.8) is 0 Å².